The fourth-order valence-corrected chi connectivity index (χ4v) is 3.63. The number of ether oxygens (including phenoxy) is 1. The predicted octanol–water partition coefficient (Wildman–Crippen LogP) is 5.58. The third-order valence-corrected chi connectivity index (χ3v) is 5.33. The van der Waals surface area contributed by atoms with Crippen LogP contribution in [0.15, 0.2) is 78.9 Å². The van der Waals surface area contributed by atoms with Gasteiger partial charge in [0.1, 0.15) is 12.4 Å². The second-order valence-electron chi connectivity index (χ2n) is 6.21. The van der Waals surface area contributed by atoms with Crippen LogP contribution >= 0.6 is 23.4 Å². The van der Waals surface area contributed by atoms with E-state index in [1.54, 1.807) is 30.0 Å². The zero-order valence-corrected chi connectivity index (χ0v) is 17.0. The lowest BCUT2D eigenvalue weighted by atomic mass is 10.2. The Balaban J connectivity index is 1.51. The summed E-state index contributed by atoms with van der Waals surface area (Å²) in [4.78, 5) is 12.6. The van der Waals surface area contributed by atoms with E-state index in [0.29, 0.717) is 29.5 Å². The van der Waals surface area contributed by atoms with E-state index < -0.39 is 0 Å². The van der Waals surface area contributed by atoms with Crippen molar-refractivity contribution in [2.45, 2.75) is 12.4 Å². The Morgan fingerprint density at radius 3 is 2.32 bits per heavy atom. The summed E-state index contributed by atoms with van der Waals surface area (Å²) in [5, 5.41) is 3.46. The van der Waals surface area contributed by atoms with Gasteiger partial charge in [0.15, 0.2) is 0 Å². The minimum atomic E-state index is -0.175. The van der Waals surface area contributed by atoms with Crippen molar-refractivity contribution in [3.63, 3.8) is 0 Å². The molecule has 144 valence electrons. The highest BCUT2D eigenvalue weighted by Gasteiger charge is 2.13. The number of amides is 1. The zero-order chi connectivity index (χ0) is 19.6. The van der Waals surface area contributed by atoms with Crippen molar-refractivity contribution in [3.8, 4) is 5.75 Å². The topological polar surface area (TPSA) is 38.3 Å². The van der Waals surface area contributed by atoms with Gasteiger partial charge in [-0.05, 0) is 29.3 Å². The van der Waals surface area contributed by atoms with Gasteiger partial charge in [-0.3, -0.25) is 4.79 Å². The van der Waals surface area contributed by atoms with Crippen LogP contribution in [-0.4, -0.2) is 18.2 Å². The van der Waals surface area contributed by atoms with Gasteiger partial charge in [-0.2, -0.15) is 11.8 Å². The van der Waals surface area contributed by atoms with Crippen molar-refractivity contribution in [1.29, 1.82) is 0 Å². The molecule has 0 saturated heterocycles. The van der Waals surface area contributed by atoms with Gasteiger partial charge >= 0.3 is 0 Å². The van der Waals surface area contributed by atoms with Gasteiger partial charge in [0, 0.05) is 23.1 Å². The van der Waals surface area contributed by atoms with E-state index in [0.717, 1.165) is 17.1 Å². The van der Waals surface area contributed by atoms with E-state index in [-0.39, 0.29) is 5.91 Å². The molecule has 0 unspecified atom stereocenters. The fourth-order valence-electron chi connectivity index (χ4n) is 2.64. The number of benzene rings is 3. The van der Waals surface area contributed by atoms with Crippen LogP contribution in [0.25, 0.3) is 0 Å². The van der Waals surface area contributed by atoms with Crippen LogP contribution in [0.3, 0.4) is 0 Å². The van der Waals surface area contributed by atoms with Crippen LogP contribution in [0.5, 0.6) is 5.75 Å². The second kappa shape index (κ2) is 10.8. The molecule has 0 radical (unpaired) electrons. The molecule has 0 aliphatic carbocycles. The average Bonchev–Trinajstić information content (AvgIpc) is 2.74. The first-order chi connectivity index (χ1) is 13.7. The van der Waals surface area contributed by atoms with E-state index in [4.69, 9.17) is 16.3 Å². The molecule has 28 heavy (non-hydrogen) atoms. The summed E-state index contributed by atoms with van der Waals surface area (Å²) in [7, 11) is 0. The van der Waals surface area contributed by atoms with Crippen LogP contribution < -0.4 is 10.1 Å². The Morgan fingerprint density at radius 2 is 1.61 bits per heavy atom. The van der Waals surface area contributed by atoms with Crippen LogP contribution in [0.4, 0.5) is 0 Å². The Kier molecular flexibility index (Phi) is 7.82. The molecule has 1 amide bonds. The molecule has 3 aromatic rings. The highest BCUT2D eigenvalue weighted by molar-refractivity contribution is 7.98. The van der Waals surface area contributed by atoms with E-state index in [1.165, 1.54) is 5.56 Å². The maximum Gasteiger partial charge on any atom is 0.255 e. The summed E-state index contributed by atoms with van der Waals surface area (Å²) in [6, 6.07) is 25.3. The fraction of sp³-hybridized carbons (Fsp3) is 0.174. The quantitative estimate of drug-likeness (QED) is 0.467. The third-order valence-electron chi connectivity index (χ3n) is 4.07. The number of rotatable bonds is 9. The van der Waals surface area contributed by atoms with Crippen LogP contribution in [0.2, 0.25) is 5.02 Å². The molecule has 0 aliphatic rings. The lowest BCUT2D eigenvalue weighted by Gasteiger charge is -2.12. The third kappa shape index (κ3) is 6.32. The Morgan fingerprint density at radius 1 is 0.929 bits per heavy atom. The number of nitrogens with one attached hydrogen (secondary N) is 1. The van der Waals surface area contributed by atoms with E-state index >= 15 is 0 Å². The molecule has 0 atom stereocenters. The largest absolute Gasteiger partial charge is 0.488 e. The highest BCUT2D eigenvalue weighted by atomic mass is 35.5. The minimum absolute atomic E-state index is 0.175. The van der Waals surface area contributed by atoms with Gasteiger partial charge in [0.05, 0.1) is 5.56 Å². The first kappa shape index (κ1) is 20.3. The molecule has 0 fully saturated rings. The van der Waals surface area contributed by atoms with Gasteiger partial charge in [0.2, 0.25) is 0 Å². The smallest absolute Gasteiger partial charge is 0.255 e. The molecule has 0 bridgehead atoms. The summed E-state index contributed by atoms with van der Waals surface area (Å²) in [5.41, 5.74) is 2.78. The Hall–Kier alpha value is -2.43. The molecule has 0 saturated carbocycles. The average molecular weight is 412 g/mol. The van der Waals surface area contributed by atoms with Gasteiger partial charge < -0.3 is 10.1 Å². The number of hydrogen-bond donors (Lipinski definition) is 1. The first-order valence-corrected chi connectivity index (χ1v) is 10.6. The van der Waals surface area contributed by atoms with Crippen LogP contribution in [0, 0.1) is 0 Å². The van der Waals surface area contributed by atoms with Gasteiger partial charge in [-0.25, -0.2) is 0 Å². The molecule has 3 nitrogen and oxygen atoms in total. The number of thioether (sulfide) groups is 1. The van der Waals surface area contributed by atoms with E-state index in [9.17, 15) is 4.79 Å². The number of carbonyl (C=O) groups excluding carboxylic acids is 1. The second-order valence-corrected chi connectivity index (χ2v) is 7.75. The molecule has 0 aliphatic heterocycles. The van der Waals surface area contributed by atoms with Crippen molar-refractivity contribution in [1.82, 2.24) is 5.32 Å². The Bertz CT molecular complexity index is 888. The standard InChI is InChI=1S/C23H22ClNO2S/c24-20-11-12-22(27-16-18-7-3-1-4-8-18)21(15-20)23(26)25-13-14-28-17-19-9-5-2-6-10-19/h1-12,15H,13-14,16-17H2,(H,25,26). The summed E-state index contributed by atoms with van der Waals surface area (Å²) in [6.07, 6.45) is 0. The SMILES string of the molecule is O=C(NCCSCc1ccccc1)c1cc(Cl)ccc1OCc1ccccc1. The Labute approximate surface area is 175 Å². The first-order valence-electron chi connectivity index (χ1n) is 9.08. The summed E-state index contributed by atoms with van der Waals surface area (Å²) < 4.78 is 5.86. The zero-order valence-electron chi connectivity index (χ0n) is 15.4. The number of halogens is 1. The van der Waals surface area contributed by atoms with Gasteiger partial charge in [-0.15, -0.1) is 0 Å². The maximum absolute atomic E-state index is 12.6. The molecule has 0 aromatic heterocycles. The van der Waals surface area contributed by atoms with Gasteiger partial charge in [-0.1, -0.05) is 72.3 Å². The molecular formula is C23H22ClNO2S. The van der Waals surface area contributed by atoms with Crippen LogP contribution in [-0.2, 0) is 12.4 Å². The van der Waals surface area contributed by atoms with E-state index in [1.807, 2.05) is 48.5 Å². The van der Waals surface area contributed by atoms with Crippen molar-refractivity contribution >= 4 is 29.3 Å². The molecule has 5 heteroatoms. The summed E-state index contributed by atoms with van der Waals surface area (Å²) in [5.74, 6) is 2.12. The normalized spacial score (nSPS) is 10.5. The lowest BCUT2D eigenvalue weighted by molar-refractivity contribution is 0.0951. The molecule has 3 rings (SSSR count). The molecular weight excluding hydrogens is 390 g/mol. The molecule has 0 spiro atoms. The summed E-state index contributed by atoms with van der Waals surface area (Å²) >= 11 is 7.88. The molecule has 0 heterocycles. The number of carbonyl (C=O) groups is 1. The lowest BCUT2D eigenvalue weighted by Crippen LogP contribution is -2.26. The molecule has 3 aromatic carbocycles. The summed E-state index contributed by atoms with van der Waals surface area (Å²) in [6.45, 7) is 0.983. The van der Waals surface area contributed by atoms with E-state index in [2.05, 4.69) is 17.4 Å². The molecule has 1 N–H and O–H groups in total. The predicted molar refractivity (Wildman–Crippen MR) is 117 cm³/mol. The van der Waals surface area contributed by atoms with Gasteiger partial charge in [0.25, 0.3) is 5.91 Å². The number of hydrogen-bond acceptors (Lipinski definition) is 3. The minimum Gasteiger partial charge on any atom is -0.488 e. The highest BCUT2D eigenvalue weighted by Crippen LogP contribution is 2.24. The van der Waals surface area contributed by atoms with Crippen molar-refractivity contribution in [3.05, 3.63) is 101 Å². The van der Waals surface area contributed by atoms with Crippen LogP contribution in [0.1, 0.15) is 21.5 Å². The monoisotopic (exact) mass is 411 g/mol. The van der Waals surface area contributed by atoms with Crippen molar-refractivity contribution < 1.29 is 9.53 Å². The maximum atomic E-state index is 12.6. The van der Waals surface area contributed by atoms with Crippen molar-refractivity contribution in [2.75, 3.05) is 12.3 Å². The van der Waals surface area contributed by atoms with Crippen molar-refractivity contribution in [2.24, 2.45) is 0 Å².